The number of hydrogen-bond acceptors (Lipinski definition) is 8. The van der Waals surface area contributed by atoms with Crippen LogP contribution in [0.4, 0.5) is 13.2 Å². The van der Waals surface area contributed by atoms with Crippen molar-refractivity contribution in [3.63, 3.8) is 0 Å². The molecule has 1 aliphatic heterocycles. The van der Waals surface area contributed by atoms with Gasteiger partial charge in [0.05, 0.1) is 22.3 Å². The fourth-order valence-corrected chi connectivity index (χ4v) is 8.53. The average molecular weight is 679 g/mol. The molecule has 8 nitrogen and oxygen atoms in total. The molecule has 258 valence electrons. The molecule has 0 unspecified atom stereocenters. The van der Waals surface area contributed by atoms with Crippen molar-refractivity contribution < 1.29 is 51.2 Å². The summed E-state index contributed by atoms with van der Waals surface area (Å²) in [7, 11) is 0. The number of ether oxygens (including phenoxy) is 5. The van der Waals surface area contributed by atoms with Gasteiger partial charge in [-0.3, -0.25) is 0 Å². The molecule has 4 aliphatic carbocycles. The first kappa shape index (κ1) is 33.3. The molecule has 3 aromatic carbocycles. The summed E-state index contributed by atoms with van der Waals surface area (Å²) in [5, 5.41) is 0. The average Bonchev–Trinajstić information content (AvgIpc) is 3.08. The number of rotatable bonds is 9. The van der Waals surface area contributed by atoms with Gasteiger partial charge in [-0.15, -0.1) is 0 Å². The lowest BCUT2D eigenvalue weighted by Gasteiger charge is -2.58. The first-order valence-corrected chi connectivity index (χ1v) is 16.7. The van der Waals surface area contributed by atoms with E-state index >= 15 is 13.2 Å². The quantitative estimate of drug-likeness (QED) is 0.174. The summed E-state index contributed by atoms with van der Waals surface area (Å²) >= 11 is 0. The molecule has 4 saturated carbocycles. The van der Waals surface area contributed by atoms with Crippen LogP contribution >= 0.6 is 0 Å². The minimum Gasteiger partial charge on any atom is -0.459 e. The number of esters is 3. The van der Waals surface area contributed by atoms with Gasteiger partial charge in [0.25, 0.3) is 0 Å². The summed E-state index contributed by atoms with van der Waals surface area (Å²) in [4.78, 5) is 39.9. The lowest BCUT2D eigenvalue weighted by atomic mass is 9.54. The van der Waals surface area contributed by atoms with E-state index in [0.717, 1.165) is 19.3 Å². The van der Waals surface area contributed by atoms with Gasteiger partial charge < -0.3 is 23.7 Å². The number of carbonyl (C=O) groups excluding carboxylic acids is 3. The van der Waals surface area contributed by atoms with E-state index in [-0.39, 0.29) is 16.7 Å². The molecule has 0 aromatic heterocycles. The Morgan fingerprint density at radius 1 is 0.653 bits per heavy atom. The van der Waals surface area contributed by atoms with Crippen LogP contribution in [0.25, 0.3) is 0 Å². The maximum Gasteiger partial charge on any atom is 0.400 e. The number of benzene rings is 3. The topological polar surface area (TPSA) is 97.4 Å². The van der Waals surface area contributed by atoms with Crippen LogP contribution in [0.5, 0.6) is 0 Å². The first-order chi connectivity index (χ1) is 23.6. The second-order valence-corrected chi connectivity index (χ2v) is 13.8. The minimum absolute atomic E-state index is 0.00802. The molecular weight excluding hydrogens is 641 g/mol. The highest BCUT2D eigenvalue weighted by molar-refractivity contribution is 5.91. The van der Waals surface area contributed by atoms with E-state index in [1.54, 1.807) is 54.6 Å². The molecule has 1 heterocycles. The van der Waals surface area contributed by atoms with Crippen LogP contribution in [0.2, 0.25) is 0 Å². The normalized spacial score (nSPS) is 31.9. The number of hydrogen-bond donors (Lipinski definition) is 0. The van der Waals surface area contributed by atoms with Crippen LogP contribution in [-0.4, -0.2) is 60.9 Å². The van der Waals surface area contributed by atoms with Gasteiger partial charge in [-0.2, -0.15) is 13.2 Å². The van der Waals surface area contributed by atoms with Crippen LogP contribution in [-0.2, 0) is 23.7 Å². The van der Waals surface area contributed by atoms with Crippen molar-refractivity contribution in [3.05, 3.63) is 108 Å². The van der Waals surface area contributed by atoms with Gasteiger partial charge in [0.1, 0.15) is 18.6 Å². The van der Waals surface area contributed by atoms with Crippen molar-refractivity contribution in [3.8, 4) is 0 Å². The molecular formula is C38H37F3O8. The molecule has 11 heteroatoms. The summed E-state index contributed by atoms with van der Waals surface area (Å²) in [5.41, 5.74) is -0.562. The molecule has 0 N–H and O–H groups in total. The molecule has 0 spiro atoms. The second kappa shape index (κ2) is 13.6. The van der Waals surface area contributed by atoms with Crippen molar-refractivity contribution in [2.75, 3.05) is 6.61 Å². The third-order valence-corrected chi connectivity index (χ3v) is 10.3. The lowest BCUT2D eigenvalue weighted by Crippen LogP contribution is -2.65. The van der Waals surface area contributed by atoms with E-state index in [2.05, 4.69) is 0 Å². The van der Waals surface area contributed by atoms with Crippen molar-refractivity contribution in [2.45, 2.75) is 74.9 Å². The third kappa shape index (κ3) is 7.23. The van der Waals surface area contributed by atoms with E-state index in [1.807, 2.05) is 0 Å². The van der Waals surface area contributed by atoms with Crippen LogP contribution in [0.3, 0.4) is 0 Å². The molecule has 0 radical (unpaired) electrons. The fourth-order valence-electron chi connectivity index (χ4n) is 8.53. The van der Waals surface area contributed by atoms with Crippen LogP contribution in [0.15, 0.2) is 91.0 Å². The molecule has 8 rings (SSSR count). The zero-order valence-electron chi connectivity index (χ0n) is 26.6. The molecule has 1 saturated heterocycles. The zero-order valence-corrected chi connectivity index (χ0v) is 26.6. The van der Waals surface area contributed by atoms with E-state index in [4.69, 9.17) is 23.7 Å². The lowest BCUT2D eigenvalue weighted by molar-refractivity contribution is -0.371. The van der Waals surface area contributed by atoms with Gasteiger partial charge >= 0.3 is 24.1 Å². The SMILES string of the molecule is O=C(OC[C@H]1O[C@H](OC23CC4CC(CC(C4)C2)C3)[C@@H](C(F)(F)F)[C@@H](OC(=O)c2ccccc2)[C@@H]1OC(=O)c1ccccc1)c1ccccc1. The Balaban J connectivity index is 1.26. The Hall–Kier alpha value is -4.22. The zero-order chi connectivity index (χ0) is 34.2. The first-order valence-electron chi connectivity index (χ1n) is 16.7. The van der Waals surface area contributed by atoms with Crippen molar-refractivity contribution in [1.29, 1.82) is 0 Å². The van der Waals surface area contributed by atoms with E-state index in [9.17, 15) is 14.4 Å². The maximum absolute atomic E-state index is 15.4. The summed E-state index contributed by atoms with van der Waals surface area (Å²) < 4.78 is 75.8. The van der Waals surface area contributed by atoms with Crippen LogP contribution in [0.1, 0.15) is 69.6 Å². The highest BCUT2D eigenvalue weighted by Gasteiger charge is 2.64. The molecule has 0 amide bonds. The summed E-state index contributed by atoms with van der Waals surface area (Å²) in [5.74, 6) is -4.23. The van der Waals surface area contributed by atoms with Gasteiger partial charge in [-0.1, -0.05) is 54.6 Å². The van der Waals surface area contributed by atoms with E-state index in [1.165, 1.54) is 36.4 Å². The Labute approximate surface area is 281 Å². The molecule has 5 atom stereocenters. The Bertz CT molecular complexity index is 1600. The highest BCUT2D eigenvalue weighted by Crippen LogP contribution is 2.58. The summed E-state index contributed by atoms with van der Waals surface area (Å²) in [6, 6.07) is 23.4. The molecule has 4 bridgehead atoms. The van der Waals surface area contributed by atoms with Crippen LogP contribution in [0, 0.1) is 23.7 Å². The standard InChI is InChI=1S/C38H37F3O8/c39-38(40,41)30-32(48-35(44)28-14-8-3-9-15-28)31(47-34(43)27-12-6-2-7-13-27)29(22-45-33(42)26-10-4-1-5-11-26)46-36(30)49-37-19-23-16-24(20-37)18-25(17-23)21-37/h1-15,23-25,29-32,36H,16-22H2/t23?,24?,25?,29-,30+,31-,32-,36-,37?/m1/s1. The van der Waals surface area contributed by atoms with Gasteiger partial charge in [-0.05, 0) is 92.7 Å². The molecule has 5 fully saturated rings. The minimum atomic E-state index is -5.02. The summed E-state index contributed by atoms with van der Waals surface area (Å²) in [6.45, 7) is -0.606. The van der Waals surface area contributed by atoms with E-state index in [0.29, 0.717) is 37.0 Å². The predicted molar refractivity (Wildman–Crippen MR) is 168 cm³/mol. The molecule has 5 aliphatic rings. The number of alkyl halides is 3. The largest absolute Gasteiger partial charge is 0.459 e. The van der Waals surface area contributed by atoms with Crippen LogP contribution < -0.4 is 0 Å². The number of carbonyl (C=O) groups is 3. The van der Waals surface area contributed by atoms with Crippen molar-refractivity contribution >= 4 is 17.9 Å². The monoisotopic (exact) mass is 678 g/mol. The summed E-state index contributed by atoms with van der Waals surface area (Å²) in [6.07, 6.45) is -7.44. The highest BCUT2D eigenvalue weighted by atomic mass is 19.4. The maximum atomic E-state index is 15.4. The Morgan fingerprint density at radius 2 is 1.08 bits per heavy atom. The van der Waals surface area contributed by atoms with Gasteiger partial charge in [0.2, 0.25) is 0 Å². The second-order valence-electron chi connectivity index (χ2n) is 13.8. The molecule has 49 heavy (non-hydrogen) atoms. The van der Waals surface area contributed by atoms with Crippen molar-refractivity contribution in [2.24, 2.45) is 23.7 Å². The number of halogens is 3. The molecule has 3 aromatic rings. The van der Waals surface area contributed by atoms with Crippen molar-refractivity contribution in [1.82, 2.24) is 0 Å². The van der Waals surface area contributed by atoms with Gasteiger partial charge in [-0.25, -0.2) is 14.4 Å². The predicted octanol–water partition coefficient (Wildman–Crippen LogP) is 7.18. The fraction of sp³-hybridized carbons (Fsp3) is 0.447. The smallest absolute Gasteiger partial charge is 0.400 e. The Kier molecular flexibility index (Phi) is 9.23. The third-order valence-electron chi connectivity index (χ3n) is 10.3. The van der Waals surface area contributed by atoms with Gasteiger partial charge in [0.15, 0.2) is 18.5 Å². The van der Waals surface area contributed by atoms with E-state index < -0.39 is 66.8 Å². The van der Waals surface area contributed by atoms with Gasteiger partial charge in [0, 0.05) is 0 Å². The Morgan fingerprint density at radius 3 is 1.53 bits per heavy atom.